The predicted octanol–water partition coefficient (Wildman–Crippen LogP) is 0.905. The summed E-state index contributed by atoms with van der Waals surface area (Å²) in [5.74, 6) is 0.728. The van der Waals surface area contributed by atoms with E-state index < -0.39 is 0 Å². The molecule has 12 heavy (non-hydrogen) atoms. The Hall–Kier alpha value is -1.32. The molecular weight excluding hydrogens is 152 g/mol. The first-order valence-corrected chi connectivity index (χ1v) is 4.02. The monoisotopic (exact) mass is 166 g/mol. The van der Waals surface area contributed by atoms with Gasteiger partial charge in [-0.1, -0.05) is 6.92 Å². The molecule has 0 fully saturated rings. The van der Waals surface area contributed by atoms with E-state index in [4.69, 9.17) is 5.73 Å². The van der Waals surface area contributed by atoms with Crippen molar-refractivity contribution in [3.05, 3.63) is 12.4 Å². The average Bonchev–Trinajstić information content (AvgIpc) is 2.06. The molecule has 0 aliphatic heterocycles. The molecule has 0 bridgehead atoms. The van der Waals surface area contributed by atoms with Crippen molar-refractivity contribution >= 4 is 11.6 Å². The van der Waals surface area contributed by atoms with Gasteiger partial charge in [0.15, 0.2) is 0 Å². The largest absolute Gasteiger partial charge is 0.396 e. The van der Waals surface area contributed by atoms with Gasteiger partial charge in [0, 0.05) is 13.6 Å². The third-order valence-electron chi connectivity index (χ3n) is 1.56. The summed E-state index contributed by atoms with van der Waals surface area (Å²) < 4.78 is 0. The summed E-state index contributed by atoms with van der Waals surface area (Å²) in [6.07, 6.45) is 4.33. The van der Waals surface area contributed by atoms with Crippen LogP contribution in [0.15, 0.2) is 12.4 Å². The molecule has 0 unspecified atom stereocenters. The van der Waals surface area contributed by atoms with Crippen LogP contribution in [0.3, 0.4) is 0 Å². The second-order valence-corrected chi connectivity index (χ2v) is 2.74. The number of nitrogens with zero attached hydrogens (tertiary/aromatic N) is 3. The van der Waals surface area contributed by atoms with Crippen molar-refractivity contribution < 1.29 is 0 Å². The Morgan fingerprint density at radius 2 is 2.00 bits per heavy atom. The number of hydrogen-bond acceptors (Lipinski definition) is 4. The molecule has 0 spiro atoms. The minimum Gasteiger partial charge on any atom is -0.396 e. The standard InChI is InChI=1S/C8H14N4/c1-3-4-12(2)8-10-5-7(9)6-11-8/h5-6H,3-4,9H2,1-2H3. The Balaban J connectivity index is 2.68. The van der Waals surface area contributed by atoms with Crippen LogP contribution in [0.2, 0.25) is 0 Å². The molecule has 0 aliphatic carbocycles. The average molecular weight is 166 g/mol. The topological polar surface area (TPSA) is 55.0 Å². The molecule has 1 aromatic rings. The third-order valence-corrected chi connectivity index (χ3v) is 1.56. The minimum atomic E-state index is 0.601. The highest BCUT2D eigenvalue weighted by atomic mass is 15.2. The highest BCUT2D eigenvalue weighted by molar-refractivity contribution is 5.37. The number of rotatable bonds is 3. The van der Waals surface area contributed by atoms with Crippen LogP contribution in [0.25, 0.3) is 0 Å². The van der Waals surface area contributed by atoms with Gasteiger partial charge in [-0.15, -0.1) is 0 Å². The maximum atomic E-state index is 5.46. The van der Waals surface area contributed by atoms with Crippen LogP contribution in [-0.2, 0) is 0 Å². The maximum absolute atomic E-state index is 5.46. The van der Waals surface area contributed by atoms with E-state index in [1.165, 1.54) is 0 Å². The number of aromatic nitrogens is 2. The lowest BCUT2D eigenvalue weighted by Gasteiger charge is -2.14. The van der Waals surface area contributed by atoms with Gasteiger partial charge in [0.2, 0.25) is 5.95 Å². The number of anilines is 2. The smallest absolute Gasteiger partial charge is 0.225 e. The van der Waals surface area contributed by atoms with Crippen LogP contribution < -0.4 is 10.6 Å². The molecule has 4 heteroatoms. The van der Waals surface area contributed by atoms with Crippen molar-refractivity contribution in [1.82, 2.24) is 9.97 Å². The third kappa shape index (κ3) is 2.08. The van der Waals surface area contributed by atoms with Crippen LogP contribution in [0.1, 0.15) is 13.3 Å². The summed E-state index contributed by atoms with van der Waals surface area (Å²) in [7, 11) is 1.97. The van der Waals surface area contributed by atoms with Crippen molar-refractivity contribution in [3.63, 3.8) is 0 Å². The van der Waals surface area contributed by atoms with Gasteiger partial charge < -0.3 is 10.6 Å². The summed E-state index contributed by atoms with van der Waals surface area (Å²) in [6, 6.07) is 0. The van der Waals surface area contributed by atoms with E-state index >= 15 is 0 Å². The van der Waals surface area contributed by atoms with Crippen LogP contribution in [0.5, 0.6) is 0 Å². The minimum absolute atomic E-state index is 0.601. The molecule has 0 aliphatic rings. The van der Waals surface area contributed by atoms with Crippen LogP contribution in [0.4, 0.5) is 11.6 Å². The maximum Gasteiger partial charge on any atom is 0.225 e. The Bertz CT molecular complexity index is 231. The summed E-state index contributed by atoms with van der Waals surface area (Å²) in [6.45, 7) is 3.08. The van der Waals surface area contributed by atoms with E-state index in [1.807, 2.05) is 11.9 Å². The van der Waals surface area contributed by atoms with Gasteiger partial charge >= 0.3 is 0 Å². The highest BCUT2D eigenvalue weighted by Gasteiger charge is 2.00. The molecule has 0 aromatic carbocycles. The lowest BCUT2D eigenvalue weighted by Crippen LogP contribution is -2.20. The molecule has 0 atom stereocenters. The van der Waals surface area contributed by atoms with Gasteiger partial charge in [-0.25, -0.2) is 9.97 Å². The van der Waals surface area contributed by atoms with Crippen molar-refractivity contribution in [2.24, 2.45) is 0 Å². The summed E-state index contributed by atoms with van der Waals surface area (Å²) >= 11 is 0. The Morgan fingerprint density at radius 1 is 1.42 bits per heavy atom. The van der Waals surface area contributed by atoms with Crippen molar-refractivity contribution in [1.29, 1.82) is 0 Å². The second kappa shape index (κ2) is 3.90. The van der Waals surface area contributed by atoms with Crippen molar-refractivity contribution in [3.8, 4) is 0 Å². The molecule has 1 aromatic heterocycles. The SMILES string of the molecule is CCCN(C)c1ncc(N)cn1. The van der Waals surface area contributed by atoms with E-state index in [1.54, 1.807) is 12.4 Å². The second-order valence-electron chi connectivity index (χ2n) is 2.74. The fraction of sp³-hybridized carbons (Fsp3) is 0.500. The van der Waals surface area contributed by atoms with Crippen LogP contribution in [0, 0.1) is 0 Å². The Labute approximate surface area is 72.4 Å². The number of hydrogen-bond donors (Lipinski definition) is 1. The van der Waals surface area contributed by atoms with Gasteiger partial charge in [-0.2, -0.15) is 0 Å². The number of nitrogens with two attached hydrogens (primary N) is 1. The van der Waals surface area contributed by atoms with E-state index in [2.05, 4.69) is 16.9 Å². The van der Waals surface area contributed by atoms with Gasteiger partial charge in [0.25, 0.3) is 0 Å². The molecule has 66 valence electrons. The summed E-state index contributed by atoms with van der Waals surface area (Å²) in [5.41, 5.74) is 6.06. The molecule has 0 saturated carbocycles. The van der Waals surface area contributed by atoms with E-state index in [0.29, 0.717) is 5.69 Å². The Morgan fingerprint density at radius 3 is 2.50 bits per heavy atom. The van der Waals surface area contributed by atoms with Crippen LogP contribution in [-0.4, -0.2) is 23.6 Å². The summed E-state index contributed by atoms with van der Waals surface area (Å²) in [5, 5.41) is 0. The lowest BCUT2D eigenvalue weighted by atomic mass is 10.4. The molecule has 0 saturated heterocycles. The molecule has 1 rings (SSSR count). The summed E-state index contributed by atoms with van der Waals surface area (Å²) in [4.78, 5) is 10.2. The van der Waals surface area contributed by atoms with Gasteiger partial charge in [-0.05, 0) is 6.42 Å². The van der Waals surface area contributed by atoms with E-state index in [-0.39, 0.29) is 0 Å². The van der Waals surface area contributed by atoms with Gasteiger partial charge in [0.1, 0.15) is 0 Å². The predicted molar refractivity (Wildman–Crippen MR) is 50.0 cm³/mol. The van der Waals surface area contributed by atoms with Crippen molar-refractivity contribution in [2.45, 2.75) is 13.3 Å². The van der Waals surface area contributed by atoms with Crippen LogP contribution >= 0.6 is 0 Å². The van der Waals surface area contributed by atoms with E-state index in [0.717, 1.165) is 18.9 Å². The lowest BCUT2D eigenvalue weighted by molar-refractivity contribution is 0.819. The highest BCUT2D eigenvalue weighted by Crippen LogP contribution is 2.05. The van der Waals surface area contributed by atoms with E-state index in [9.17, 15) is 0 Å². The van der Waals surface area contributed by atoms with Gasteiger partial charge in [-0.3, -0.25) is 0 Å². The molecule has 0 amide bonds. The first kappa shape index (κ1) is 8.77. The molecule has 1 heterocycles. The fourth-order valence-electron chi connectivity index (χ4n) is 0.964. The molecule has 2 N–H and O–H groups in total. The zero-order valence-electron chi connectivity index (χ0n) is 7.49. The first-order valence-electron chi connectivity index (χ1n) is 4.02. The molecule has 0 radical (unpaired) electrons. The van der Waals surface area contributed by atoms with Gasteiger partial charge in [0.05, 0.1) is 18.1 Å². The quantitative estimate of drug-likeness (QED) is 0.725. The van der Waals surface area contributed by atoms with Crippen molar-refractivity contribution in [2.75, 3.05) is 24.2 Å². The molecular formula is C8H14N4. The number of nitrogen functional groups attached to an aromatic ring is 1. The zero-order valence-corrected chi connectivity index (χ0v) is 7.49. The Kier molecular flexibility index (Phi) is 2.85. The fourth-order valence-corrected chi connectivity index (χ4v) is 0.964. The first-order chi connectivity index (χ1) is 5.74. The zero-order chi connectivity index (χ0) is 8.97. The molecule has 4 nitrogen and oxygen atoms in total. The normalized spacial score (nSPS) is 9.83.